The molecule has 0 spiro atoms. The van der Waals surface area contributed by atoms with Gasteiger partial charge in [-0.25, -0.2) is 0 Å². The first-order valence-electron chi connectivity index (χ1n) is 10.2. The molecule has 0 aliphatic heterocycles. The molecule has 0 heterocycles. The molecule has 0 aromatic heterocycles. The molecular weight excluding hydrogens is 399 g/mol. The zero-order valence-corrected chi connectivity index (χ0v) is 18.1. The molecule has 7 heteroatoms. The Morgan fingerprint density at radius 1 is 0.966 bits per heavy atom. The molecule has 0 radical (unpaired) electrons. The van der Waals surface area contributed by atoms with Crippen molar-refractivity contribution in [3.63, 3.8) is 0 Å². The Hall–Kier alpha value is -0.820. The van der Waals surface area contributed by atoms with Crippen molar-refractivity contribution in [3.8, 4) is 11.5 Å². The number of unbranched alkanes of at least 4 members (excludes halogenated alkanes) is 9. The number of benzene rings is 1. The van der Waals surface area contributed by atoms with E-state index < -0.39 is 10.1 Å². The number of ether oxygens (including phenoxy) is 1. The van der Waals surface area contributed by atoms with E-state index in [1.54, 1.807) is 12.1 Å². The molecular formula is C22H35NaO5S. The fourth-order valence-electron chi connectivity index (χ4n) is 2.90. The van der Waals surface area contributed by atoms with Gasteiger partial charge in [-0.05, 0) is 30.7 Å². The van der Waals surface area contributed by atoms with Crippen LogP contribution in [0.4, 0.5) is 0 Å². The van der Waals surface area contributed by atoms with Crippen LogP contribution in [-0.2, 0) is 10.1 Å². The third kappa shape index (κ3) is 13.2. The van der Waals surface area contributed by atoms with E-state index in [9.17, 15) is 13.2 Å². The molecule has 0 unspecified atom stereocenters. The average molecular weight is 435 g/mol. The third-order valence-electron chi connectivity index (χ3n) is 4.41. The van der Waals surface area contributed by atoms with Crippen molar-refractivity contribution in [2.24, 2.45) is 0 Å². The van der Waals surface area contributed by atoms with Crippen LogP contribution in [0.25, 0.3) is 0 Å². The topological polar surface area (TPSA) is 69.7 Å². The first-order valence-corrected chi connectivity index (χ1v) is 12.0. The van der Waals surface area contributed by atoms with E-state index in [-0.39, 0.29) is 41.1 Å². The van der Waals surface area contributed by atoms with Crippen molar-refractivity contribution >= 4 is 45.5 Å². The Balaban J connectivity index is 0.00000784. The van der Waals surface area contributed by atoms with Gasteiger partial charge in [-0.1, -0.05) is 71.3 Å². The Kier molecular flexibility index (Phi) is 15.5. The van der Waals surface area contributed by atoms with Crippen molar-refractivity contribution in [1.82, 2.24) is 0 Å². The molecule has 0 saturated carbocycles. The van der Waals surface area contributed by atoms with Crippen LogP contribution in [0.3, 0.4) is 0 Å². The van der Waals surface area contributed by atoms with Crippen molar-refractivity contribution in [2.45, 2.75) is 71.1 Å². The Morgan fingerprint density at radius 3 is 2.03 bits per heavy atom. The number of rotatable bonds is 16. The Labute approximate surface area is 198 Å². The fourth-order valence-corrected chi connectivity index (χ4v) is 3.35. The van der Waals surface area contributed by atoms with Gasteiger partial charge in [0.25, 0.3) is 0 Å². The summed E-state index contributed by atoms with van der Waals surface area (Å²) in [4.78, 5) is 11.7. The van der Waals surface area contributed by atoms with E-state index in [2.05, 4.69) is 13.5 Å². The number of carbonyl (C=O) groups excluding carboxylic acids is 1. The van der Waals surface area contributed by atoms with Gasteiger partial charge >= 0.3 is 39.7 Å². The standard InChI is InChI=1S/C22H34O5S.Na.H/c1-4-6-7-8-9-10-11-12-13-14-17-26-21-16-15-19(20(23)5-2)18-22(21)27-28(3,24)25;;/h5,15-16,18H,2,4,6-14,17H2,1,3H3;;. The van der Waals surface area contributed by atoms with Crippen LogP contribution in [0.1, 0.15) is 81.5 Å². The number of carbonyl (C=O) groups is 1. The van der Waals surface area contributed by atoms with Crippen molar-refractivity contribution in [2.75, 3.05) is 12.9 Å². The minimum atomic E-state index is -3.72. The second kappa shape index (κ2) is 15.9. The quantitative estimate of drug-likeness (QED) is 0.120. The molecule has 0 saturated heterocycles. The molecule has 160 valence electrons. The normalized spacial score (nSPS) is 10.8. The van der Waals surface area contributed by atoms with E-state index >= 15 is 0 Å². The van der Waals surface area contributed by atoms with Crippen molar-refractivity contribution in [3.05, 3.63) is 36.4 Å². The van der Waals surface area contributed by atoms with Crippen LogP contribution < -0.4 is 8.92 Å². The summed E-state index contributed by atoms with van der Waals surface area (Å²) in [5, 5.41) is 0. The van der Waals surface area contributed by atoms with E-state index in [1.807, 2.05) is 0 Å². The van der Waals surface area contributed by atoms with Crippen molar-refractivity contribution < 1.29 is 22.1 Å². The molecule has 5 nitrogen and oxygen atoms in total. The first kappa shape index (κ1) is 28.2. The van der Waals surface area contributed by atoms with Crippen LogP contribution >= 0.6 is 0 Å². The van der Waals surface area contributed by atoms with Crippen LogP contribution in [0.2, 0.25) is 0 Å². The summed E-state index contributed by atoms with van der Waals surface area (Å²) < 4.78 is 33.6. The third-order valence-corrected chi connectivity index (χ3v) is 4.89. The summed E-state index contributed by atoms with van der Waals surface area (Å²) in [6.45, 7) is 6.14. The van der Waals surface area contributed by atoms with Gasteiger partial charge in [0.15, 0.2) is 17.3 Å². The second-order valence-corrected chi connectivity index (χ2v) is 8.62. The van der Waals surface area contributed by atoms with Crippen LogP contribution in [-0.4, -0.2) is 56.6 Å². The summed E-state index contributed by atoms with van der Waals surface area (Å²) in [7, 11) is -3.72. The molecule has 0 fully saturated rings. The van der Waals surface area contributed by atoms with Gasteiger partial charge in [0.1, 0.15) is 0 Å². The molecule has 0 bridgehead atoms. The number of ketones is 1. The maximum absolute atomic E-state index is 11.7. The molecule has 29 heavy (non-hydrogen) atoms. The molecule has 0 aliphatic rings. The molecule has 1 aromatic rings. The molecule has 0 N–H and O–H groups in total. The Morgan fingerprint density at radius 2 is 1.52 bits per heavy atom. The molecule has 1 rings (SSSR count). The first-order chi connectivity index (χ1) is 13.4. The summed E-state index contributed by atoms with van der Waals surface area (Å²) in [5.74, 6) is 0.0452. The van der Waals surface area contributed by atoms with Crippen LogP contribution in [0.5, 0.6) is 11.5 Å². The molecule has 0 atom stereocenters. The summed E-state index contributed by atoms with van der Waals surface area (Å²) >= 11 is 0. The predicted octanol–water partition coefficient (Wildman–Crippen LogP) is 5.04. The van der Waals surface area contributed by atoms with Gasteiger partial charge in [0.2, 0.25) is 0 Å². The zero-order valence-electron chi connectivity index (χ0n) is 17.2. The van der Waals surface area contributed by atoms with E-state index in [0.29, 0.717) is 17.9 Å². The van der Waals surface area contributed by atoms with Gasteiger partial charge in [-0.15, -0.1) is 0 Å². The zero-order chi connectivity index (χ0) is 20.8. The Bertz CT molecular complexity index is 716. The van der Waals surface area contributed by atoms with Gasteiger partial charge in [0.05, 0.1) is 12.9 Å². The maximum atomic E-state index is 11.7. The number of hydrogen-bond acceptors (Lipinski definition) is 5. The van der Waals surface area contributed by atoms with Gasteiger partial charge in [0, 0.05) is 5.56 Å². The van der Waals surface area contributed by atoms with Crippen molar-refractivity contribution in [1.29, 1.82) is 0 Å². The summed E-state index contributed by atoms with van der Waals surface area (Å²) in [6.07, 6.45) is 14.4. The molecule has 0 aliphatic carbocycles. The van der Waals surface area contributed by atoms with E-state index in [0.717, 1.165) is 19.1 Å². The number of hydrogen-bond donors (Lipinski definition) is 0. The SMILES string of the molecule is C=CC(=O)c1ccc(OCCCCCCCCCCCC)c(OS(C)(=O)=O)c1.[NaH]. The van der Waals surface area contributed by atoms with Gasteiger partial charge < -0.3 is 8.92 Å². The van der Waals surface area contributed by atoms with Gasteiger partial charge in [-0.3, -0.25) is 4.79 Å². The van der Waals surface area contributed by atoms with E-state index in [4.69, 9.17) is 8.92 Å². The predicted molar refractivity (Wildman–Crippen MR) is 121 cm³/mol. The minimum absolute atomic E-state index is 0. The fraction of sp³-hybridized carbons (Fsp3) is 0.591. The van der Waals surface area contributed by atoms with Crippen LogP contribution in [0.15, 0.2) is 30.9 Å². The van der Waals surface area contributed by atoms with Gasteiger partial charge in [-0.2, -0.15) is 8.42 Å². The van der Waals surface area contributed by atoms with E-state index in [1.165, 1.54) is 63.5 Å². The molecule has 1 aromatic carbocycles. The average Bonchev–Trinajstić information content (AvgIpc) is 2.65. The van der Waals surface area contributed by atoms with Crippen LogP contribution in [0, 0.1) is 0 Å². The summed E-state index contributed by atoms with van der Waals surface area (Å²) in [6, 6.07) is 4.51. The monoisotopic (exact) mass is 434 g/mol. The second-order valence-electron chi connectivity index (χ2n) is 7.05. The molecule has 0 amide bonds. The number of allylic oxidation sites excluding steroid dienone is 1. The summed E-state index contributed by atoms with van der Waals surface area (Å²) in [5.41, 5.74) is 0.305.